The fourth-order valence-corrected chi connectivity index (χ4v) is 1.99. The first-order valence-corrected chi connectivity index (χ1v) is 5.23. The molecule has 1 heterocycles. The third-order valence-electron chi connectivity index (χ3n) is 2.78. The van der Waals surface area contributed by atoms with Crippen molar-refractivity contribution in [2.45, 2.75) is 32.2 Å². The summed E-state index contributed by atoms with van der Waals surface area (Å²) >= 11 is 0. The first kappa shape index (κ1) is 12.0. The molecule has 0 aromatic rings. The van der Waals surface area contributed by atoms with Crippen molar-refractivity contribution in [3.05, 3.63) is 0 Å². The van der Waals surface area contributed by atoms with Crippen LogP contribution in [0.5, 0.6) is 0 Å². The summed E-state index contributed by atoms with van der Waals surface area (Å²) in [6.45, 7) is 3.53. The van der Waals surface area contributed by atoms with Gasteiger partial charge in [0.25, 0.3) is 0 Å². The van der Waals surface area contributed by atoms with Crippen LogP contribution in [0.4, 0.5) is 0 Å². The average Bonchev–Trinajstić information content (AvgIpc) is 2.06. The fraction of sp³-hybridized carbons (Fsp3) is 0.800. The Morgan fingerprint density at radius 2 is 2.00 bits per heavy atom. The number of rotatable bonds is 6. The molecule has 0 spiro atoms. The topological polar surface area (TPSA) is 77.8 Å². The van der Waals surface area contributed by atoms with Crippen molar-refractivity contribution in [3.63, 3.8) is 0 Å². The van der Waals surface area contributed by atoms with Crippen LogP contribution in [-0.2, 0) is 9.59 Å². The van der Waals surface area contributed by atoms with Gasteiger partial charge in [-0.2, -0.15) is 0 Å². The summed E-state index contributed by atoms with van der Waals surface area (Å²) in [4.78, 5) is 23.0. The zero-order valence-corrected chi connectivity index (χ0v) is 8.85. The van der Waals surface area contributed by atoms with Crippen molar-refractivity contribution in [1.82, 2.24) is 4.90 Å². The number of nitrogens with zero attached hydrogens (tertiary/aromatic N) is 1. The van der Waals surface area contributed by atoms with Crippen LogP contribution in [0, 0.1) is 5.92 Å². The van der Waals surface area contributed by atoms with Crippen molar-refractivity contribution >= 4 is 11.9 Å². The van der Waals surface area contributed by atoms with E-state index < -0.39 is 18.0 Å². The average molecular weight is 215 g/mol. The summed E-state index contributed by atoms with van der Waals surface area (Å²) < 4.78 is 0. The second kappa shape index (κ2) is 5.11. The zero-order chi connectivity index (χ0) is 11.4. The molecular formula is C10H17NO4. The molecule has 1 unspecified atom stereocenters. The number of likely N-dealkylation sites (tertiary alicyclic amines) is 1. The molecule has 1 fully saturated rings. The summed E-state index contributed by atoms with van der Waals surface area (Å²) in [6.07, 6.45) is 1.87. The Morgan fingerprint density at radius 3 is 2.40 bits per heavy atom. The number of aliphatic carboxylic acids is 2. The molecule has 0 amide bonds. The molecule has 1 saturated heterocycles. The molecular weight excluding hydrogens is 198 g/mol. The van der Waals surface area contributed by atoms with Crippen LogP contribution in [0.3, 0.4) is 0 Å². The van der Waals surface area contributed by atoms with Gasteiger partial charge in [-0.15, -0.1) is 0 Å². The lowest BCUT2D eigenvalue weighted by Gasteiger charge is -2.42. The Bertz CT molecular complexity index is 248. The minimum Gasteiger partial charge on any atom is -0.481 e. The standard InChI is InChI=1S/C10H17NO4/c1-2-3-7-5-11(6-7)8(10(14)15)4-9(12)13/h7-8H,2-6H2,1H3,(H,12,13)(H,14,15). The molecule has 0 bridgehead atoms. The van der Waals surface area contributed by atoms with Crippen molar-refractivity contribution in [2.75, 3.05) is 13.1 Å². The third kappa shape index (κ3) is 3.20. The number of hydrogen-bond acceptors (Lipinski definition) is 3. The van der Waals surface area contributed by atoms with Gasteiger partial charge < -0.3 is 10.2 Å². The molecule has 15 heavy (non-hydrogen) atoms. The molecule has 1 aliphatic rings. The molecule has 1 atom stereocenters. The van der Waals surface area contributed by atoms with Crippen LogP contribution in [0.25, 0.3) is 0 Å². The molecule has 1 aliphatic heterocycles. The molecule has 0 radical (unpaired) electrons. The van der Waals surface area contributed by atoms with Crippen LogP contribution < -0.4 is 0 Å². The monoisotopic (exact) mass is 215 g/mol. The van der Waals surface area contributed by atoms with Crippen molar-refractivity contribution in [1.29, 1.82) is 0 Å². The Kier molecular flexibility index (Phi) is 4.08. The van der Waals surface area contributed by atoms with E-state index in [1.54, 1.807) is 4.90 Å². The van der Waals surface area contributed by atoms with Crippen molar-refractivity contribution in [3.8, 4) is 0 Å². The summed E-state index contributed by atoms with van der Waals surface area (Å²) in [7, 11) is 0. The number of carboxylic acid groups (broad SMARTS) is 2. The zero-order valence-electron chi connectivity index (χ0n) is 8.85. The highest BCUT2D eigenvalue weighted by molar-refractivity contribution is 5.80. The predicted octanol–water partition coefficient (Wildman–Crippen LogP) is 0.646. The van der Waals surface area contributed by atoms with Crippen molar-refractivity contribution in [2.24, 2.45) is 5.92 Å². The lowest BCUT2D eigenvalue weighted by Crippen LogP contribution is -2.55. The van der Waals surface area contributed by atoms with Gasteiger partial charge in [0.2, 0.25) is 0 Å². The van der Waals surface area contributed by atoms with Gasteiger partial charge in [-0.3, -0.25) is 14.5 Å². The van der Waals surface area contributed by atoms with E-state index in [2.05, 4.69) is 6.92 Å². The molecule has 0 aliphatic carbocycles. The van der Waals surface area contributed by atoms with Crippen LogP contribution >= 0.6 is 0 Å². The lowest BCUT2D eigenvalue weighted by atomic mass is 9.92. The Balaban J connectivity index is 2.40. The van der Waals surface area contributed by atoms with E-state index in [9.17, 15) is 9.59 Å². The molecule has 0 aromatic carbocycles. The molecule has 86 valence electrons. The molecule has 5 nitrogen and oxygen atoms in total. The van der Waals surface area contributed by atoms with Gasteiger partial charge in [-0.25, -0.2) is 0 Å². The highest BCUT2D eigenvalue weighted by Crippen LogP contribution is 2.24. The quantitative estimate of drug-likeness (QED) is 0.680. The van der Waals surface area contributed by atoms with E-state index >= 15 is 0 Å². The first-order valence-electron chi connectivity index (χ1n) is 5.23. The Labute approximate surface area is 88.7 Å². The van der Waals surface area contributed by atoms with Gasteiger partial charge in [0.05, 0.1) is 6.42 Å². The van der Waals surface area contributed by atoms with Gasteiger partial charge in [-0.1, -0.05) is 13.3 Å². The van der Waals surface area contributed by atoms with Gasteiger partial charge in [-0.05, 0) is 12.3 Å². The molecule has 5 heteroatoms. The second-order valence-electron chi connectivity index (χ2n) is 4.06. The van der Waals surface area contributed by atoms with Crippen LogP contribution in [0.1, 0.15) is 26.2 Å². The van der Waals surface area contributed by atoms with Crippen LogP contribution in [-0.4, -0.2) is 46.2 Å². The maximum atomic E-state index is 10.8. The van der Waals surface area contributed by atoms with E-state index in [0.29, 0.717) is 5.92 Å². The second-order valence-corrected chi connectivity index (χ2v) is 4.06. The summed E-state index contributed by atoms with van der Waals surface area (Å²) in [6, 6.07) is -0.851. The van der Waals surface area contributed by atoms with E-state index in [-0.39, 0.29) is 6.42 Å². The summed E-state index contributed by atoms with van der Waals surface area (Å²) in [5.74, 6) is -1.54. The fourth-order valence-electron chi connectivity index (χ4n) is 1.99. The Hall–Kier alpha value is -1.10. The number of carboxylic acids is 2. The van der Waals surface area contributed by atoms with Crippen LogP contribution in [0.2, 0.25) is 0 Å². The van der Waals surface area contributed by atoms with Crippen LogP contribution in [0.15, 0.2) is 0 Å². The summed E-state index contributed by atoms with van der Waals surface area (Å²) in [5.41, 5.74) is 0. The predicted molar refractivity (Wildman–Crippen MR) is 53.6 cm³/mol. The van der Waals surface area contributed by atoms with Crippen molar-refractivity contribution < 1.29 is 19.8 Å². The van der Waals surface area contributed by atoms with E-state index in [4.69, 9.17) is 10.2 Å². The minimum absolute atomic E-state index is 0.311. The van der Waals surface area contributed by atoms with E-state index in [1.807, 2.05) is 0 Å². The maximum absolute atomic E-state index is 10.8. The largest absolute Gasteiger partial charge is 0.481 e. The van der Waals surface area contributed by atoms with E-state index in [0.717, 1.165) is 25.9 Å². The molecule has 0 aromatic heterocycles. The highest BCUT2D eigenvalue weighted by Gasteiger charge is 2.36. The smallest absolute Gasteiger partial charge is 0.321 e. The van der Waals surface area contributed by atoms with Gasteiger partial charge in [0.1, 0.15) is 6.04 Å². The molecule has 1 rings (SSSR count). The third-order valence-corrected chi connectivity index (χ3v) is 2.78. The highest BCUT2D eigenvalue weighted by atomic mass is 16.4. The maximum Gasteiger partial charge on any atom is 0.321 e. The molecule has 2 N–H and O–H groups in total. The van der Waals surface area contributed by atoms with Gasteiger partial charge in [0, 0.05) is 13.1 Å². The number of carbonyl (C=O) groups is 2. The normalized spacial score (nSPS) is 19.5. The summed E-state index contributed by atoms with van der Waals surface area (Å²) in [5, 5.41) is 17.4. The van der Waals surface area contributed by atoms with E-state index in [1.165, 1.54) is 0 Å². The van der Waals surface area contributed by atoms with Gasteiger partial charge >= 0.3 is 11.9 Å². The molecule has 0 saturated carbocycles. The van der Waals surface area contributed by atoms with Gasteiger partial charge in [0.15, 0.2) is 0 Å². The SMILES string of the molecule is CCCC1CN(C(CC(=O)O)C(=O)O)C1. The lowest BCUT2D eigenvalue weighted by molar-refractivity contribution is -0.152. The number of hydrogen-bond donors (Lipinski definition) is 2. The Morgan fingerprint density at radius 1 is 1.40 bits per heavy atom. The first-order chi connectivity index (χ1) is 7.04. The minimum atomic E-state index is -1.05.